The summed E-state index contributed by atoms with van der Waals surface area (Å²) >= 11 is 12.1. The molecule has 0 radical (unpaired) electrons. The molecule has 0 bridgehead atoms. The predicted octanol–water partition coefficient (Wildman–Crippen LogP) is 7.95. The predicted molar refractivity (Wildman–Crippen MR) is 168 cm³/mol. The van der Waals surface area contributed by atoms with Gasteiger partial charge < -0.3 is 19.2 Å². The van der Waals surface area contributed by atoms with Gasteiger partial charge in [0, 0.05) is 16.7 Å². The minimum atomic E-state index is 0.282. The average Bonchev–Trinajstić information content (AvgIpc) is 3.70. The van der Waals surface area contributed by atoms with Crippen molar-refractivity contribution in [3.8, 4) is 51.2 Å². The molecule has 0 aliphatic heterocycles. The number of hydrogen-bond donors (Lipinski definition) is 1. The maximum Gasteiger partial charge on any atom is 0.138 e. The molecule has 0 spiro atoms. The molecule has 43 heavy (non-hydrogen) atoms. The number of benzene rings is 4. The third-order valence-electron chi connectivity index (χ3n) is 6.88. The summed E-state index contributed by atoms with van der Waals surface area (Å²) in [5.74, 6) is 3.03. The highest BCUT2D eigenvalue weighted by molar-refractivity contribution is 6.42. The summed E-state index contributed by atoms with van der Waals surface area (Å²) in [4.78, 5) is 8.52. The van der Waals surface area contributed by atoms with E-state index in [1.807, 2.05) is 91.1 Å². The minimum absolute atomic E-state index is 0.282. The van der Waals surface area contributed by atoms with Gasteiger partial charge in [0.1, 0.15) is 35.4 Å². The number of methoxy groups -OCH3 is 2. The number of aromatic amines is 1. The van der Waals surface area contributed by atoms with Gasteiger partial charge in [-0.15, -0.1) is 5.10 Å². The van der Waals surface area contributed by atoms with Crippen LogP contribution < -0.4 is 14.2 Å². The van der Waals surface area contributed by atoms with E-state index in [9.17, 15) is 0 Å². The van der Waals surface area contributed by atoms with Crippen LogP contribution in [0.25, 0.3) is 33.9 Å². The lowest BCUT2D eigenvalue weighted by molar-refractivity contribution is 0.301. The minimum Gasteiger partial charge on any atom is -0.497 e. The van der Waals surface area contributed by atoms with E-state index >= 15 is 0 Å². The molecule has 4 aromatic carbocycles. The second-order valence-electron chi connectivity index (χ2n) is 9.73. The zero-order chi connectivity index (χ0) is 29.8. The number of hydrogen-bond acceptors (Lipinski definition) is 6. The van der Waals surface area contributed by atoms with Crippen molar-refractivity contribution in [2.75, 3.05) is 14.2 Å². The van der Waals surface area contributed by atoms with Crippen molar-refractivity contribution in [3.63, 3.8) is 0 Å². The van der Waals surface area contributed by atoms with Crippen molar-refractivity contribution in [1.82, 2.24) is 25.0 Å². The second kappa shape index (κ2) is 12.6. The number of imidazole rings is 1. The van der Waals surface area contributed by atoms with Crippen molar-refractivity contribution in [2.45, 2.75) is 13.2 Å². The Kier molecular flexibility index (Phi) is 8.31. The van der Waals surface area contributed by atoms with Crippen molar-refractivity contribution < 1.29 is 14.2 Å². The Morgan fingerprint density at radius 3 is 2.00 bits per heavy atom. The summed E-state index contributed by atoms with van der Waals surface area (Å²) in [6.45, 7) is 0.809. The fourth-order valence-corrected chi connectivity index (χ4v) is 4.93. The quantitative estimate of drug-likeness (QED) is 0.169. The average molecular weight is 613 g/mol. The molecule has 0 unspecified atom stereocenters. The third kappa shape index (κ3) is 6.51. The molecule has 0 saturated carbocycles. The number of H-pyrrole nitrogens is 1. The van der Waals surface area contributed by atoms with Crippen molar-refractivity contribution in [1.29, 1.82) is 0 Å². The standard InChI is InChI=1S/C33H27Cl2N5O3/c1-41-26-10-4-22(5-11-26)31-32(23-6-12-27(42-2)13-7-23)37-33(36-31)24-8-14-28(15-9-24)43-20-25-19-40(39-38-25)18-21-3-16-29(34)30(35)17-21/h3-17,19H,18,20H2,1-2H3,(H,36,37). The lowest BCUT2D eigenvalue weighted by Gasteiger charge is -2.06. The van der Waals surface area contributed by atoms with Crippen LogP contribution in [-0.4, -0.2) is 39.2 Å². The van der Waals surface area contributed by atoms with E-state index in [0.717, 1.165) is 51.0 Å². The van der Waals surface area contributed by atoms with E-state index in [4.69, 9.17) is 42.4 Å². The molecule has 8 nitrogen and oxygen atoms in total. The van der Waals surface area contributed by atoms with Gasteiger partial charge in [0.05, 0.1) is 48.4 Å². The molecular weight excluding hydrogens is 585 g/mol. The molecule has 2 heterocycles. The van der Waals surface area contributed by atoms with Crippen LogP contribution in [0.5, 0.6) is 17.2 Å². The first kappa shape index (κ1) is 28.3. The summed E-state index contributed by atoms with van der Waals surface area (Å²) in [5.41, 5.74) is 6.33. The first-order valence-corrected chi connectivity index (χ1v) is 14.2. The Labute approximate surface area is 258 Å². The van der Waals surface area contributed by atoms with E-state index in [1.54, 1.807) is 25.0 Å². The van der Waals surface area contributed by atoms with Crippen molar-refractivity contribution >= 4 is 23.2 Å². The highest BCUT2D eigenvalue weighted by Gasteiger charge is 2.16. The van der Waals surface area contributed by atoms with Gasteiger partial charge in [0.25, 0.3) is 0 Å². The summed E-state index contributed by atoms with van der Waals surface area (Å²) in [7, 11) is 3.31. The number of nitrogens with zero attached hydrogens (tertiary/aromatic N) is 4. The molecular formula is C33H27Cl2N5O3. The van der Waals surface area contributed by atoms with E-state index in [-0.39, 0.29) is 6.61 Å². The Bertz CT molecular complexity index is 1770. The van der Waals surface area contributed by atoms with Crippen LogP contribution in [0.4, 0.5) is 0 Å². The van der Waals surface area contributed by atoms with Gasteiger partial charge in [-0.25, -0.2) is 9.67 Å². The fraction of sp³-hybridized carbons (Fsp3) is 0.121. The van der Waals surface area contributed by atoms with Gasteiger partial charge in [0.2, 0.25) is 0 Å². The molecule has 0 amide bonds. The molecule has 2 aromatic heterocycles. The van der Waals surface area contributed by atoms with Gasteiger partial charge in [-0.3, -0.25) is 0 Å². The Morgan fingerprint density at radius 1 is 0.721 bits per heavy atom. The maximum absolute atomic E-state index is 6.13. The van der Waals surface area contributed by atoms with Gasteiger partial charge in [0.15, 0.2) is 0 Å². The number of aromatic nitrogens is 5. The monoisotopic (exact) mass is 611 g/mol. The summed E-state index contributed by atoms with van der Waals surface area (Å²) in [6, 6.07) is 29.1. The number of rotatable bonds is 10. The molecule has 10 heteroatoms. The topological polar surface area (TPSA) is 87.1 Å². The Morgan fingerprint density at radius 2 is 1.35 bits per heavy atom. The molecule has 0 aliphatic rings. The molecule has 6 rings (SSSR count). The van der Waals surface area contributed by atoms with Gasteiger partial charge in [-0.1, -0.05) is 34.5 Å². The SMILES string of the molecule is COc1ccc(-c2nc(-c3ccc(OCc4cn(Cc5ccc(Cl)c(Cl)c5)nn4)cc3)[nH]c2-c2ccc(OC)cc2)cc1. The third-order valence-corrected chi connectivity index (χ3v) is 7.61. The van der Waals surface area contributed by atoms with E-state index in [0.29, 0.717) is 28.0 Å². The van der Waals surface area contributed by atoms with Crippen LogP contribution in [0, 0.1) is 0 Å². The van der Waals surface area contributed by atoms with E-state index in [1.165, 1.54) is 0 Å². The molecule has 0 atom stereocenters. The van der Waals surface area contributed by atoms with E-state index < -0.39 is 0 Å². The van der Waals surface area contributed by atoms with Crippen LogP contribution in [0.3, 0.4) is 0 Å². The van der Waals surface area contributed by atoms with Crippen LogP contribution in [0.15, 0.2) is 97.2 Å². The largest absolute Gasteiger partial charge is 0.497 e. The summed E-state index contributed by atoms with van der Waals surface area (Å²) in [5, 5.41) is 9.45. The zero-order valence-electron chi connectivity index (χ0n) is 23.4. The normalized spacial score (nSPS) is 11.0. The first-order valence-electron chi connectivity index (χ1n) is 13.4. The Balaban J connectivity index is 1.18. The first-order chi connectivity index (χ1) is 21.0. The second-order valence-corrected chi connectivity index (χ2v) is 10.5. The smallest absolute Gasteiger partial charge is 0.138 e. The molecule has 216 valence electrons. The Hall–Kier alpha value is -4.79. The van der Waals surface area contributed by atoms with Crippen LogP contribution >= 0.6 is 23.2 Å². The highest BCUT2D eigenvalue weighted by atomic mass is 35.5. The number of halogens is 2. The lowest BCUT2D eigenvalue weighted by Crippen LogP contribution is -2.00. The highest BCUT2D eigenvalue weighted by Crippen LogP contribution is 2.35. The van der Waals surface area contributed by atoms with Gasteiger partial charge >= 0.3 is 0 Å². The molecule has 0 saturated heterocycles. The lowest BCUT2D eigenvalue weighted by atomic mass is 10.0. The van der Waals surface area contributed by atoms with Gasteiger partial charge in [-0.2, -0.15) is 0 Å². The maximum atomic E-state index is 6.13. The number of nitrogens with one attached hydrogen (secondary N) is 1. The molecule has 0 fully saturated rings. The molecule has 1 N–H and O–H groups in total. The molecule has 6 aromatic rings. The number of ether oxygens (including phenoxy) is 3. The van der Waals surface area contributed by atoms with Crippen LogP contribution in [0.2, 0.25) is 10.0 Å². The zero-order valence-corrected chi connectivity index (χ0v) is 24.9. The fourth-order valence-electron chi connectivity index (χ4n) is 4.61. The van der Waals surface area contributed by atoms with Crippen LogP contribution in [0.1, 0.15) is 11.3 Å². The van der Waals surface area contributed by atoms with Crippen LogP contribution in [-0.2, 0) is 13.2 Å². The summed E-state index contributed by atoms with van der Waals surface area (Å²) < 4.78 is 18.4. The molecule has 0 aliphatic carbocycles. The van der Waals surface area contributed by atoms with Crippen molar-refractivity contribution in [3.05, 3.63) is 118 Å². The van der Waals surface area contributed by atoms with Gasteiger partial charge in [-0.05, 0) is 90.5 Å². The summed E-state index contributed by atoms with van der Waals surface area (Å²) in [6.07, 6.45) is 1.85. The van der Waals surface area contributed by atoms with E-state index in [2.05, 4.69) is 15.3 Å². The van der Waals surface area contributed by atoms with Crippen molar-refractivity contribution in [2.24, 2.45) is 0 Å².